The van der Waals surface area contributed by atoms with Crippen molar-refractivity contribution in [1.82, 2.24) is 9.97 Å². The lowest BCUT2D eigenvalue weighted by molar-refractivity contribution is 0.797. The summed E-state index contributed by atoms with van der Waals surface area (Å²) in [5.41, 5.74) is 0. The quantitative estimate of drug-likeness (QED) is 0.579. The second kappa shape index (κ2) is 4.15. The first-order valence-corrected chi connectivity index (χ1v) is 5.74. The van der Waals surface area contributed by atoms with Crippen LogP contribution in [-0.2, 0) is 0 Å². The Morgan fingerprint density at radius 2 is 2.00 bits per heavy atom. The molecule has 0 bridgehead atoms. The van der Waals surface area contributed by atoms with Crippen molar-refractivity contribution < 1.29 is 0 Å². The summed E-state index contributed by atoms with van der Waals surface area (Å²) in [7, 11) is 0. The average molecular weight is 282 g/mol. The highest BCUT2D eigenvalue weighted by Gasteiger charge is 2.16. The summed E-state index contributed by atoms with van der Waals surface area (Å²) in [6.45, 7) is 6.38. The lowest BCUT2D eigenvalue weighted by Gasteiger charge is -2.17. The molecule has 0 spiro atoms. The molecule has 0 aliphatic heterocycles. The Bertz CT molecular complexity index is 312. The molecule has 0 aliphatic rings. The molecule has 0 atom stereocenters. The van der Waals surface area contributed by atoms with E-state index in [4.69, 9.17) is 11.6 Å². The molecule has 1 rings (SSSR count). The number of halogens is 2. The van der Waals surface area contributed by atoms with Crippen LogP contribution >= 0.6 is 39.3 Å². The van der Waals surface area contributed by atoms with Gasteiger partial charge in [-0.05, 0) is 15.9 Å². The number of hydrogen-bond donors (Lipinski definition) is 0. The van der Waals surface area contributed by atoms with E-state index in [2.05, 4.69) is 46.7 Å². The van der Waals surface area contributed by atoms with Crippen molar-refractivity contribution in [3.8, 4) is 0 Å². The third-order valence-electron chi connectivity index (χ3n) is 1.12. The van der Waals surface area contributed by atoms with E-state index < -0.39 is 0 Å². The largest absolute Gasteiger partial charge is 0.229 e. The first kappa shape index (κ1) is 11.3. The Morgan fingerprint density at radius 1 is 1.38 bits per heavy atom. The van der Waals surface area contributed by atoms with Crippen molar-refractivity contribution in [1.29, 1.82) is 0 Å². The molecular weight excluding hydrogens is 272 g/mol. The van der Waals surface area contributed by atoms with Gasteiger partial charge in [0.1, 0.15) is 16.5 Å². The van der Waals surface area contributed by atoms with Gasteiger partial charge in [0.2, 0.25) is 0 Å². The molecule has 72 valence electrons. The van der Waals surface area contributed by atoms with Crippen LogP contribution in [0.5, 0.6) is 0 Å². The highest BCUT2D eigenvalue weighted by atomic mass is 79.9. The molecule has 0 radical (unpaired) electrons. The fraction of sp³-hybridized carbons (Fsp3) is 0.500. The number of nitrogens with zero attached hydrogens (tertiary/aromatic N) is 2. The Kier molecular flexibility index (Phi) is 3.60. The highest BCUT2D eigenvalue weighted by Crippen LogP contribution is 2.36. The van der Waals surface area contributed by atoms with Crippen molar-refractivity contribution in [3.63, 3.8) is 0 Å². The number of aromatic nitrogens is 2. The molecular formula is C8H10BrClN2S. The van der Waals surface area contributed by atoms with E-state index in [1.54, 1.807) is 11.8 Å². The topological polar surface area (TPSA) is 25.8 Å². The van der Waals surface area contributed by atoms with Gasteiger partial charge in [-0.25, -0.2) is 9.97 Å². The maximum Gasteiger partial charge on any atom is 0.147 e. The fourth-order valence-corrected chi connectivity index (χ4v) is 2.20. The molecule has 0 aliphatic carbocycles. The molecule has 1 aromatic heterocycles. The maximum absolute atomic E-state index is 5.83. The van der Waals surface area contributed by atoms with Crippen LogP contribution in [0.4, 0.5) is 0 Å². The minimum Gasteiger partial charge on any atom is -0.229 e. The first-order chi connectivity index (χ1) is 5.90. The molecule has 0 saturated heterocycles. The van der Waals surface area contributed by atoms with Crippen molar-refractivity contribution in [2.24, 2.45) is 0 Å². The number of hydrogen-bond acceptors (Lipinski definition) is 3. The van der Waals surface area contributed by atoms with E-state index in [0.29, 0.717) is 5.15 Å². The van der Waals surface area contributed by atoms with Gasteiger partial charge in [-0.15, -0.1) is 0 Å². The molecule has 0 aromatic carbocycles. The Hall–Kier alpha value is 0.200. The summed E-state index contributed by atoms with van der Waals surface area (Å²) in [6.07, 6.45) is 1.47. The van der Waals surface area contributed by atoms with Crippen LogP contribution in [0.15, 0.2) is 15.8 Å². The highest BCUT2D eigenvalue weighted by molar-refractivity contribution is 9.10. The minimum atomic E-state index is 0.125. The SMILES string of the molecule is CC(C)(C)Sc1ncnc(Cl)c1Br. The van der Waals surface area contributed by atoms with E-state index in [-0.39, 0.29) is 4.75 Å². The van der Waals surface area contributed by atoms with Gasteiger partial charge in [-0.1, -0.05) is 44.1 Å². The van der Waals surface area contributed by atoms with E-state index in [1.807, 2.05) is 0 Å². The van der Waals surface area contributed by atoms with Crippen LogP contribution in [-0.4, -0.2) is 14.7 Å². The van der Waals surface area contributed by atoms with E-state index in [9.17, 15) is 0 Å². The average Bonchev–Trinajstić information content (AvgIpc) is 1.96. The smallest absolute Gasteiger partial charge is 0.147 e. The van der Waals surface area contributed by atoms with Gasteiger partial charge in [0.15, 0.2) is 0 Å². The van der Waals surface area contributed by atoms with Crippen LogP contribution < -0.4 is 0 Å². The number of thioether (sulfide) groups is 1. The van der Waals surface area contributed by atoms with Gasteiger partial charge in [0, 0.05) is 4.75 Å². The van der Waals surface area contributed by atoms with Crippen molar-refractivity contribution in [2.45, 2.75) is 30.5 Å². The minimum absolute atomic E-state index is 0.125. The normalized spacial score (nSPS) is 11.8. The lowest BCUT2D eigenvalue weighted by atomic mass is 10.3. The summed E-state index contributed by atoms with van der Waals surface area (Å²) >= 11 is 10.8. The van der Waals surface area contributed by atoms with Gasteiger partial charge < -0.3 is 0 Å². The van der Waals surface area contributed by atoms with E-state index >= 15 is 0 Å². The molecule has 2 nitrogen and oxygen atoms in total. The molecule has 1 heterocycles. The molecule has 5 heteroatoms. The van der Waals surface area contributed by atoms with Crippen LogP contribution in [0.2, 0.25) is 5.15 Å². The predicted molar refractivity (Wildman–Crippen MR) is 60.4 cm³/mol. The Morgan fingerprint density at radius 3 is 2.54 bits per heavy atom. The molecule has 13 heavy (non-hydrogen) atoms. The summed E-state index contributed by atoms with van der Waals surface area (Å²) in [5, 5.41) is 1.34. The van der Waals surface area contributed by atoms with Crippen molar-refractivity contribution >= 4 is 39.3 Å². The van der Waals surface area contributed by atoms with Crippen molar-refractivity contribution in [3.05, 3.63) is 16.0 Å². The van der Waals surface area contributed by atoms with Gasteiger partial charge in [0.05, 0.1) is 4.47 Å². The summed E-state index contributed by atoms with van der Waals surface area (Å²) in [4.78, 5) is 8.01. The monoisotopic (exact) mass is 280 g/mol. The Balaban J connectivity index is 2.96. The molecule has 0 N–H and O–H groups in total. The molecule has 1 aromatic rings. The maximum atomic E-state index is 5.83. The van der Waals surface area contributed by atoms with Crippen LogP contribution in [0.1, 0.15) is 20.8 Å². The zero-order valence-electron chi connectivity index (χ0n) is 7.64. The van der Waals surface area contributed by atoms with Crippen LogP contribution in [0.3, 0.4) is 0 Å². The second-order valence-electron chi connectivity index (χ2n) is 3.50. The summed E-state index contributed by atoms with van der Waals surface area (Å²) in [5.74, 6) is 0. The lowest BCUT2D eigenvalue weighted by Crippen LogP contribution is -2.07. The van der Waals surface area contributed by atoms with E-state index in [1.165, 1.54) is 6.33 Å². The van der Waals surface area contributed by atoms with E-state index in [0.717, 1.165) is 9.50 Å². The van der Waals surface area contributed by atoms with Crippen molar-refractivity contribution in [2.75, 3.05) is 0 Å². The third kappa shape index (κ3) is 3.44. The zero-order chi connectivity index (χ0) is 10.1. The predicted octanol–water partition coefficient (Wildman–Crippen LogP) is 3.78. The van der Waals surface area contributed by atoms with Crippen LogP contribution in [0.25, 0.3) is 0 Å². The fourth-order valence-electron chi connectivity index (χ4n) is 0.695. The molecule has 0 saturated carbocycles. The molecule has 0 amide bonds. The van der Waals surface area contributed by atoms with Gasteiger partial charge >= 0.3 is 0 Å². The van der Waals surface area contributed by atoms with Crippen LogP contribution in [0, 0.1) is 0 Å². The second-order valence-corrected chi connectivity index (χ2v) is 6.46. The molecule has 0 fully saturated rings. The Labute approximate surface area is 95.6 Å². The molecule has 0 unspecified atom stereocenters. The van der Waals surface area contributed by atoms with Gasteiger partial charge in [-0.3, -0.25) is 0 Å². The summed E-state index contributed by atoms with van der Waals surface area (Å²) in [6, 6.07) is 0. The zero-order valence-corrected chi connectivity index (χ0v) is 10.8. The third-order valence-corrected chi connectivity index (χ3v) is 3.76. The first-order valence-electron chi connectivity index (χ1n) is 3.75. The summed E-state index contributed by atoms with van der Waals surface area (Å²) < 4.78 is 0.900. The van der Waals surface area contributed by atoms with Gasteiger partial charge in [0.25, 0.3) is 0 Å². The van der Waals surface area contributed by atoms with Gasteiger partial charge in [-0.2, -0.15) is 0 Å². The number of rotatable bonds is 1. The standard InChI is InChI=1S/C8H10BrClN2S/c1-8(2,3)13-7-5(9)6(10)11-4-12-7/h4H,1-3H3.